The van der Waals surface area contributed by atoms with Crippen LogP contribution in [0.5, 0.6) is 5.75 Å². The summed E-state index contributed by atoms with van der Waals surface area (Å²) in [4.78, 5) is 12.5. The number of nitrogens with zero attached hydrogens (tertiary/aromatic N) is 3. The van der Waals surface area contributed by atoms with Gasteiger partial charge in [0.1, 0.15) is 5.75 Å². The lowest BCUT2D eigenvalue weighted by molar-refractivity contribution is 0.414. The maximum atomic E-state index is 12.5. The van der Waals surface area contributed by atoms with Crippen LogP contribution in [0.25, 0.3) is 0 Å². The number of rotatable bonds is 6. The summed E-state index contributed by atoms with van der Waals surface area (Å²) in [5, 5.41) is 12.2. The molecule has 1 heterocycles. The predicted molar refractivity (Wildman–Crippen MR) is 105 cm³/mol. The minimum Gasteiger partial charge on any atom is -0.497 e. The van der Waals surface area contributed by atoms with Crippen LogP contribution in [-0.4, -0.2) is 21.9 Å². The monoisotopic (exact) mass is 388 g/mol. The molecule has 1 aromatic heterocycles. The molecular weight excluding hydrogens is 372 g/mol. The van der Waals surface area contributed by atoms with E-state index in [1.54, 1.807) is 26.3 Å². The molecule has 6 nitrogen and oxygen atoms in total. The van der Waals surface area contributed by atoms with Crippen molar-refractivity contribution >= 4 is 34.9 Å². The third-order valence-corrected chi connectivity index (χ3v) is 5.10. The molecule has 2 aromatic carbocycles. The van der Waals surface area contributed by atoms with Gasteiger partial charge in [-0.15, -0.1) is 10.2 Å². The van der Waals surface area contributed by atoms with Gasteiger partial charge in [0.25, 0.3) is 5.56 Å². The van der Waals surface area contributed by atoms with E-state index in [-0.39, 0.29) is 11.4 Å². The lowest BCUT2D eigenvalue weighted by atomic mass is 10.2. The Balaban J connectivity index is 1.74. The summed E-state index contributed by atoms with van der Waals surface area (Å²) in [6, 6.07) is 14.9. The molecule has 0 amide bonds. The minimum absolute atomic E-state index is 0.134. The van der Waals surface area contributed by atoms with Crippen molar-refractivity contribution in [1.29, 1.82) is 0 Å². The van der Waals surface area contributed by atoms with Gasteiger partial charge in [0.2, 0.25) is 5.82 Å². The topological polar surface area (TPSA) is 69.0 Å². The van der Waals surface area contributed by atoms with Crippen molar-refractivity contribution in [3.63, 3.8) is 0 Å². The number of anilines is 2. The van der Waals surface area contributed by atoms with Crippen LogP contribution in [-0.2, 0) is 12.8 Å². The molecule has 0 spiro atoms. The van der Waals surface area contributed by atoms with Crippen LogP contribution in [0.1, 0.15) is 5.56 Å². The van der Waals surface area contributed by atoms with Crippen LogP contribution in [0.15, 0.2) is 58.5 Å². The van der Waals surface area contributed by atoms with Crippen LogP contribution in [0.4, 0.5) is 11.5 Å². The van der Waals surface area contributed by atoms with E-state index in [9.17, 15) is 4.79 Å². The van der Waals surface area contributed by atoms with E-state index in [2.05, 4.69) is 15.5 Å². The molecule has 0 unspecified atom stereocenters. The Morgan fingerprint density at radius 2 is 1.88 bits per heavy atom. The summed E-state index contributed by atoms with van der Waals surface area (Å²) in [7, 11) is 3.30. The number of para-hydroxylation sites is 1. The second kappa shape index (κ2) is 8.25. The second-order valence-corrected chi connectivity index (χ2v) is 6.79. The van der Waals surface area contributed by atoms with Gasteiger partial charge in [0, 0.05) is 12.8 Å². The number of ether oxygens (including phenoxy) is 1. The van der Waals surface area contributed by atoms with Crippen LogP contribution in [0.3, 0.4) is 0 Å². The third-order valence-electron chi connectivity index (χ3n) is 3.68. The van der Waals surface area contributed by atoms with Gasteiger partial charge in [-0.1, -0.05) is 47.6 Å². The average Bonchev–Trinajstić information content (AvgIpc) is 2.67. The van der Waals surface area contributed by atoms with Crippen molar-refractivity contribution in [1.82, 2.24) is 14.8 Å². The Morgan fingerprint density at radius 3 is 2.58 bits per heavy atom. The molecule has 8 heteroatoms. The Bertz CT molecular complexity index is 960. The average molecular weight is 389 g/mol. The van der Waals surface area contributed by atoms with Crippen LogP contribution < -0.4 is 15.6 Å². The lowest BCUT2D eigenvalue weighted by Gasteiger charge is -2.10. The van der Waals surface area contributed by atoms with Crippen molar-refractivity contribution in [3.8, 4) is 5.75 Å². The van der Waals surface area contributed by atoms with Gasteiger partial charge in [-0.3, -0.25) is 9.36 Å². The van der Waals surface area contributed by atoms with E-state index in [1.807, 2.05) is 36.4 Å². The van der Waals surface area contributed by atoms with E-state index in [4.69, 9.17) is 16.3 Å². The SMILES string of the molecule is COc1ccc(CSc2nnc(Nc3ccccc3Cl)c(=O)n2C)cc1. The summed E-state index contributed by atoms with van der Waals surface area (Å²) in [6.45, 7) is 0. The third kappa shape index (κ3) is 4.17. The highest BCUT2D eigenvalue weighted by atomic mass is 35.5. The van der Waals surface area contributed by atoms with Crippen LogP contribution in [0, 0.1) is 0 Å². The molecule has 0 saturated carbocycles. The lowest BCUT2D eigenvalue weighted by Crippen LogP contribution is -2.24. The number of hydrogen-bond donors (Lipinski definition) is 1. The first-order valence-corrected chi connectivity index (χ1v) is 9.16. The molecule has 0 aliphatic heterocycles. The first-order chi connectivity index (χ1) is 12.6. The molecule has 134 valence electrons. The van der Waals surface area contributed by atoms with Crippen LogP contribution >= 0.6 is 23.4 Å². The molecule has 3 rings (SSSR count). The molecule has 0 fully saturated rings. The Labute approximate surface area is 160 Å². The summed E-state index contributed by atoms with van der Waals surface area (Å²) in [6.07, 6.45) is 0. The fourth-order valence-corrected chi connectivity index (χ4v) is 3.26. The Hall–Kier alpha value is -2.51. The molecule has 0 aliphatic rings. The summed E-state index contributed by atoms with van der Waals surface area (Å²) < 4.78 is 6.62. The Kier molecular flexibility index (Phi) is 5.80. The van der Waals surface area contributed by atoms with Crippen molar-refractivity contribution in [2.24, 2.45) is 7.05 Å². The molecule has 1 N–H and O–H groups in total. The van der Waals surface area contributed by atoms with Gasteiger partial charge in [-0.05, 0) is 29.8 Å². The first kappa shape index (κ1) is 18.3. The van der Waals surface area contributed by atoms with E-state index < -0.39 is 0 Å². The zero-order chi connectivity index (χ0) is 18.5. The molecule has 0 radical (unpaired) electrons. The molecule has 3 aromatic rings. The number of halogens is 1. The second-order valence-electron chi connectivity index (χ2n) is 5.44. The number of methoxy groups -OCH3 is 1. The van der Waals surface area contributed by atoms with Gasteiger partial charge in [-0.2, -0.15) is 0 Å². The van der Waals surface area contributed by atoms with Gasteiger partial charge >= 0.3 is 0 Å². The van der Waals surface area contributed by atoms with E-state index in [1.165, 1.54) is 16.3 Å². The largest absolute Gasteiger partial charge is 0.497 e. The zero-order valence-electron chi connectivity index (χ0n) is 14.3. The normalized spacial score (nSPS) is 10.6. The number of benzene rings is 2. The number of hydrogen-bond acceptors (Lipinski definition) is 6. The van der Waals surface area contributed by atoms with E-state index in [0.717, 1.165) is 11.3 Å². The van der Waals surface area contributed by atoms with Crippen LogP contribution in [0.2, 0.25) is 5.02 Å². The first-order valence-electron chi connectivity index (χ1n) is 7.79. The number of nitrogens with one attached hydrogen (secondary N) is 1. The summed E-state index contributed by atoms with van der Waals surface area (Å²) >= 11 is 7.54. The number of thioether (sulfide) groups is 1. The molecule has 0 aliphatic carbocycles. The van der Waals surface area contributed by atoms with Crippen molar-refractivity contribution in [2.75, 3.05) is 12.4 Å². The van der Waals surface area contributed by atoms with Crippen molar-refractivity contribution < 1.29 is 4.74 Å². The molecule has 26 heavy (non-hydrogen) atoms. The maximum absolute atomic E-state index is 12.5. The highest BCUT2D eigenvalue weighted by Crippen LogP contribution is 2.24. The molecule has 0 saturated heterocycles. The minimum atomic E-state index is -0.267. The van der Waals surface area contributed by atoms with Gasteiger partial charge in [-0.25, -0.2) is 0 Å². The van der Waals surface area contributed by atoms with E-state index in [0.29, 0.717) is 21.6 Å². The van der Waals surface area contributed by atoms with Gasteiger partial charge < -0.3 is 10.1 Å². The van der Waals surface area contributed by atoms with E-state index >= 15 is 0 Å². The molecular formula is C18H17ClN4O2S. The molecule has 0 bridgehead atoms. The predicted octanol–water partition coefficient (Wildman–Crippen LogP) is 3.87. The highest BCUT2D eigenvalue weighted by molar-refractivity contribution is 7.98. The fourth-order valence-electron chi connectivity index (χ4n) is 2.21. The quantitative estimate of drug-likeness (QED) is 0.646. The highest BCUT2D eigenvalue weighted by Gasteiger charge is 2.11. The summed E-state index contributed by atoms with van der Waals surface area (Å²) in [5.41, 5.74) is 1.44. The number of aromatic nitrogens is 3. The fraction of sp³-hybridized carbons (Fsp3) is 0.167. The van der Waals surface area contributed by atoms with Gasteiger partial charge in [0.15, 0.2) is 5.16 Å². The molecule has 0 atom stereocenters. The zero-order valence-corrected chi connectivity index (χ0v) is 15.8. The maximum Gasteiger partial charge on any atom is 0.297 e. The Morgan fingerprint density at radius 1 is 1.15 bits per heavy atom. The van der Waals surface area contributed by atoms with Gasteiger partial charge in [0.05, 0.1) is 17.8 Å². The van der Waals surface area contributed by atoms with Crippen molar-refractivity contribution in [2.45, 2.75) is 10.9 Å². The summed E-state index contributed by atoms with van der Waals surface area (Å²) in [5.74, 6) is 1.61. The van der Waals surface area contributed by atoms with Crippen molar-refractivity contribution in [3.05, 3.63) is 69.5 Å². The standard InChI is InChI=1S/C18H17ClN4O2S/c1-23-17(24)16(20-15-6-4-3-5-14(15)19)21-22-18(23)26-11-12-7-9-13(25-2)10-8-12/h3-10H,11H2,1-2H3,(H,20,21). The smallest absolute Gasteiger partial charge is 0.297 e.